The molecule has 0 aliphatic carbocycles. The molecule has 5 heteroatoms. The molecule has 2 aromatic heterocycles. The van der Waals surface area contributed by atoms with Gasteiger partial charge in [-0.25, -0.2) is 9.97 Å². The summed E-state index contributed by atoms with van der Waals surface area (Å²) in [6.07, 6.45) is 5.93. The molecule has 0 saturated heterocycles. The third-order valence-corrected chi connectivity index (χ3v) is 3.71. The van der Waals surface area contributed by atoms with E-state index in [0.717, 1.165) is 30.2 Å². The zero-order chi connectivity index (χ0) is 12.3. The molecule has 0 aliphatic rings. The number of thiazole rings is 1. The highest BCUT2D eigenvalue weighted by molar-refractivity contribution is 7.15. The minimum Gasteiger partial charge on any atom is -0.332 e. The van der Waals surface area contributed by atoms with Crippen molar-refractivity contribution in [3.05, 3.63) is 23.0 Å². The lowest BCUT2D eigenvalue weighted by atomic mass is 10.2. The Morgan fingerprint density at radius 3 is 2.88 bits per heavy atom. The Morgan fingerprint density at radius 2 is 2.29 bits per heavy atom. The Morgan fingerprint density at radius 1 is 1.47 bits per heavy atom. The SMILES string of the molecule is CCCc1nc(-c2nccn2C)sc1CNC. The monoisotopic (exact) mass is 250 g/mol. The topological polar surface area (TPSA) is 42.7 Å². The molecule has 0 amide bonds. The molecular weight excluding hydrogens is 232 g/mol. The first-order valence-corrected chi connectivity index (χ1v) is 6.68. The van der Waals surface area contributed by atoms with Crippen LogP contribution in [0, 0.1) is 0 Å². The van der Waals surface area contributed by atoms with E-state index in [4.69, 9.17) is 4.98 Å². The largest absolute Gasteiger partial charge is 0.332 e. The Bertz CT molecular complexity index is 463. The van der Waals surface area contributed by atoms with E-state index in [1.54, 1.807) is 11.3 Å². The fraction of sp³-hybridized carbons (Fsp3) is 0.500. The lowest BCUT2D eigenvalue weighted by molar-refractivity contribution is 0.798. The van der Waals surface area contributed by atoms with Gasteiger partial charge in [0.2, 0.25) is 0 Å². The van der Waals surface area contributed by atoms with Crippen LogP contribution in [0.2, 0.25) is 0 Å². The summed E-state index contributed by atoms with van der Waals surface area (Å²) < 4.78 is 2.01. The van der Waals surface area contributed by atoms with Gasteiger partial charge in [-0.15, -0.1) is 11.3 Å². The van der Waals surface area contributed by atoms with Gasteiger partial charge < -0.3 is 9.88 Å². The van der Waals surface area contributed by atoms with Crippen LogP contribution in [0.1, 0.15) is 23.9 Å². The molecule has 2 rings (SSSR count). The van der Waals surface area contributed by atoms with Crippen LogP contribution in [0.5, 0.6) is 0 Å². The second kappa shape index (κ2) is 5.42. The van der Waals surface area contributed by atoms with Crippen LogP contribution in [-0.2, 0) is 20.0 Å². The molecule has 92 valence electrons. The van der Waals surface area contributed by atoms with Gasteiger partial charge in [0.1, 0.15) is 0 Å². The van der Waals surface area contributed by atoms with Crippen LogP contribution in [0.4, 0.5) is 0 Å². The minimum atomic E-state index is 0.886. The van der Waals surface area contributed by atoms with Crippen molar-refractivity contribution in [3.63, 3.8) is 0 Å². The average Bonchev–Trinajstić information content (AvgIpc) is 2.87. The molecule has 4 nitrogen and oxygen atoms in total. The van der Waals surface area contributed by atoms with Gasteiger partial charge in [0, 0.05) is 30.9 Å². The number of aryl methyl sites for hydroxylation is 2. The lowest BCUT2D eigenvalue weighted by Gasteiger charge is -1.98. The van der Waals surface area contributed by atoms with Gasteiger partial charge in [0.15, 0.2) is 10.8 Å². The average molecular weight is 250 g/mol. The number of nitrogens with one attached hydrogen (secondary N) is 1. The molecule has 0 atom stereocenters. The number of rotatable bonds is 5. The van der Waals surface area contributed by atoms with E-state index >= 15 is 0 Å². The number of hydrogen-bond acceptors (Lipinski definition) is 4. The summed E-state index contributed by atoms with van der Waals surface area (Å²) in [5, 5.41) is 4.22. The fourth-order valence-electron chi connectivity index (χ4n) is 1.78. The Balaban J connectivity index is 2.36. The molecule has 17 heavy (non-hydrogen) atoms. The van der Waals surface area contributed by atoms with Crippen molar-refractivity contribution in [2.24, 2.45) is 7.05 Å². The van der Waals surface area contributed by atoms with Crippen molar-refractivity contribution in [3.8, 4) is 10.8 Å². The molecule has 0 radical (unpaired) electrons. The van der Waals surface area contributed by atoms with Gasteiger partial charge in [-0.05, 0) is 13.5 Å². The second-order valence-corrected chi connectivity index (χ2v) is 5.11. The fourth-order valence-corrected chi connectivity index (χ4v) is 2.94. The first-order chi connectivity index (χ1) is 8.26. The van der Waals surface area contributed by atoms with Crippen molar-refractivity contribution in [1.82, 2.24) is 19.9 Å². The lowest BCUT2D eigenvalue weighted by Crippen LogP contribution is -2.05. The maximum absolute atomic E-state index is 4.72. The van der Waals surface area contributed by atoms with E-state index in [9.17, 15) is 0 Å². The molecule has 0 aliphatic heterocycles. The summed E-state index contributed by atoms with van der Waals surface area (Å²) in [5.41, 5.74) is 1.21. The second-order valence-electron chi connectivity index (χ2n) is 4.03. The predicted molar refractivity (Wildman–Crippen MR) is 71.1 cm³/mol. The summed E-state index contributed by atoms with van der Waals surface area (Å²) in [4.78, 5) is 10.4. The van der Waals surface area contributed by atoms with Gasteiger partial charge in [0.25, 0.3) is 0 Å². The molecule has 0 spiro atoms. The summed E-state index contributed by atoms with van der Waals surface area (Å²) in [5.74, 6) is 0.953. The summed E-state index contributed by atoms with van der Waals surface area (Å²) >= 11 is 1.74. The maximum Gasteiger partial charge on any atom is 0.168 e. The molecule has 0 fully saturated rings. The smallest absolute Gasteiger partial charge is 0.168 e. The third-order valence-electron chi connectivity index (χ3n) is 2.61. The van der Waals surface area contributed by atoms with E-state index in [0.29, 0.717) is 0 Å². The zero-order valence-electron chi connectivity index (χ0n) is 10.5. The Labute approximate surface area is 106 Å². The molecule has 0 aromatic carbocycles. The van der Waals surface area contributed by atoms with Gasteiger partial charge in [-0.1, -0.05) is 13.3 Å². The van der Waals surface area contributed by atoms with E-state index in [1.165, 1.54) is 10.6 Å². The number of nitrogens with zero attached hydrogens (tertiary/aromatic N) is 3. The van der Waals surface area contributed by atoms with Gasteiger partial charge in [-0.3, -0.25) is 0 Å². The van der Waals surface area contributed by atoms with Gasteiger partial charge in [0.05, 0.1) is 5.69 Å². The van der Waals surface area contributed by atoms with Gasteiger partial charge >= 0.3 is 0 Å². The van der Waals surface area contributed by atoms with Crippen LogP contribution >= 0.6 is 11.3 Å². The number of aromatic nitrogens is 3. The predicted octanol–water partition coefficient (Wildman–Crippen LogP) is 2.22. The van der Waals surface area contributed by atoms with Crippen molar-refractivity contribution < 1.29 is 0 Å². The summed E-state index contributed by atoms with van der Waals surface area (Å²) in [6.45, 7) is 3.07. The van der Waals surface area contributed by atoms with Crippen LogP contribution in [0.25, 0.3) is 10.8 Å². The minimum absolute atomic E-state index is 0.886. The summed E-state index contributed by atoms with van der Waals surface area (Å²) in [7, 11) is 3.97. The molecule has 2 aromatic rings. The third kappa shape index (κ3) is 2.56. The van der Waals surface area contributed by atoms with E-state index in [2.05, 4.69) is 17.2 Å². The quantitative estimate of drug-likeness (QED) is 0.884. The molecule has 0 saturated carbocycles. The van der Waals surface area contributed by atoms with Crippen LogP contribution in [0.3, 0.4) is 0 Å². The number of imidazole rings is 1. The van der Waals surface area contributed by atoms with Crippen molar-refractivity contribution in [2.75, 3.05) is 7.05 Å². The van der Waals surface area contributed by atoms with E-state index < -0.39 is 0 Å². The first-order valence-electron chi connectivity index (χ1n) is 5.87. The Hall–Kier alpha value is -1.20. The summed E-state index contributed by atoms with van der Waals surface area (Å²) in [6, 6.07) is 0. The van der Waals surface area contributed by atoms with E-state index in [-0.39, 0.29) is 0 Å². The maximum atomic E-state index is 4.72. The van der Waals surface area contributed by atoms with Crippen LogP contribution in [-0.4, -0.2) is 21.6 Å². The molecule has 0 unspecified atom stereocenters. The zero-order valence-corrected chi connectivity index (χ0v) is 11.3. The van der Waals surface area contributed by atoms with E-state index in [1.807, 2.05) is 31.1 Å². The highest BCUT2D eigenvalue weighted by Crippen LogP contribution is 2.27. The normalized spacial score (nSPS) is 11.0. The molecule has 0 bridgehead atoms. The van der Waals surface area contributed by atoms with Crippen molar-refractivity contribution >= 4 is 11.3 Å². The first kappa shape index (κ1) is 12.3. The molecule has 1 N–H and O–H groups in total. The van der Waals surface area contributed by atoms with Crippen molar-refractivity contribution in [1.29, 1.82) is 0 Å². The van der Waals surface area contributed by atoms with Gasteiger partial charge in [-0.2, -0.15) is 0 Å². The highest BCUT2D eigenvalue weighted by atomic mass is 32.1. The standard InChI is InChI=1S/C12H18N4S/c1-4-5-9-10(8-13-2)17-12(15-9)11-14-6-7-16(11)3/h6-7,13H,4-5,8H2,1-3H3. The number of hydrogen-bond donors (Lipinski definition) is 1. The van der Waals surface area contributed by atoms with Crippen molar-refractivity contribution in [2.45, 2.75) is 26.3 Å². The highest BCUT2D eigenvalue weighted by Gasteiger charge is 2.13. The molecule has 2 heterocycles. The van der Waals surface area contributed by atoms with Crippen LogP contribution in [0.15, 0.2) is 12.4 Å². The Kier molecular flexibility index (Phi) is 3.91. The molecular formula is C12H18N4S. The van der Waals surface area contributed by atoms with Crippen LogP contribution < -0.4 is 5.32 Å².